The zero-order valence-corrected chi connectivity index (χ0v) is 14.3. The fourth-order valence-corrected chi connectivity index (χ4v) is 3.62. The highest BCUT2D eigenvalue weighted by Gasteiger charge is 2.25. The topological polar surface area (TPSA) is 79.5 Å². The van der Waals surface area contributed by atoms with E-state index in [2.05, 4.69) is 24.3 Å². The number of carbonyl (C=O) groups is 1. The number of hydrogen-bond donors (Lipinski definition) is 0. The normalized spacial score (nSPS) is 15.2. The van der Waals surface area contributed by atoms with Crippen LogP contribution < -0.4 is 4.90 Å². The molecular formula is C15H17N7OS. The first-order chi connectivity index (χ1) is 11.6. The third-order valence-corrected chi connectivity index (χ3v) is 4.93. The van der Waals surface area contributed by atoms with Gasteiger partial charge in [0.15, 0.2) is 11.5 Å². The van der Waals surface area contributed by atoms with E-state index in [-0.39, 0.29) is 5.91 Å². The van der Waals surface area contributed by atoms with E-state index in [4.69, 9.17) is 0 Å². The number of amides is 1. The van der Waals surface area contributed by atoms with Crippen molar-refractivity contribution in [3.63, 3.8) is 0 Å². The van der Waals surface area contributed by atoms with Gasteiger partial charge in [0.25, 0.3) is 5.91 Å². The van der Waals surface area contributed by atoms with Gasteiger partial charge in [-0.25, -0.2) is 4.98 Å². The van der Waals surface area contributed by atoms with Crippen molar-refractivity contribution in [2.45, 2.75) is 13.8 Å². The minimum absolute atomic E-state index is 0.0637. The third-order valence-electron chi connectivity index (χ3n) is 4.21. The number of aryl methyl sites for hydroxylation is 2. The number of anilines is 1. The van der Waals surface area contributed by atoms with Gasteiger partial charge in [0.05, 0.1) is 23.7 Å². The fraction of sp³-hybridized carbons (Fsp3) is 0.400. The fourth-order valence-electron chi connectivity index (χ4n) is 2.93. The molecule has 124 valence electrons. The number of rotatable bonds is 2. The van der Waals surface area contributed by atoms with Crippen LogP contribution in [0, 0.1) is 13.8 Å². The first kappa shape index (κ1) is 15.0. The monoisotopic (exact) mass is 343 g/mol. The van der Waals surface area contributed by atoms with Gasteiger partial charge in [-0.3, -0.25) is 9.78 Å². The smallest absolute Gasteiger partial charge is 0.256 e. The number of hydrogen-bond acceptors (Lipinski definition) is 7. The van der Waals surface area contributed by atoms with Gasteiger partial charge in [0, 0.05) is 31.6 Å². The predicted octanol–water partition coefficient (Wildman–Crippen LogP) is 1.16. The summed E-state index contributed by atoms with van der Waals surface area (Å²) in [5.41, 5.74) is 2.26. The molecule has 0 unspecified atom stereocenters. The molecule has 3 aromatic rings. The maximum atomic E-state index is 12.6. The van der Waals surface area contributed by atoms with Crippen molar-refractivity contribution < 1.29 is 4.79 Å². The molecule has 0 aliphatic carbocycles. The molecule has 8 nitrogen and oxygen atoms in total. The van der Waals surface area contributed by atoms with Crippen molar-refractivity contribution in [1.29, 1.82) is 0 Å². The largest absolute Gasteiger partial charge is 0.352 e. The molecule has 0 aromatic carbocycles. The van der Waals surface area contributed by atoms with Gasteiger partial charge < -0.3 is 9.80 Å². The summed E-state index contributed by atoms with van der Waals surface area (Å²) in [4.78, 5) is 25.3. The zero-order valence-electron chi connectivity index (χ0n) is 13.5. The summed E-state index contributed by atoms with van der Waals surface area (Å²) in [6.07, 6.45) is 3.50. The SMILES string of the molecule is Cc1nc2cncc(N3CCN(C(=O)c4csnc4C)CC3)n2n1. The molecule has 1 aliphatic rings. The molecule has 4 heterocycles. The molecule has 1 saturated heterocycles. The first-order valence-corrected chi connectivity index (χ1v) is 8.60. The Balaban J connectivity index is 1.51. The molecule has 0 bridgehead atoms. The Morgan fingerprint density at radius 2 is 1.96 bits per heavy atom. The van der Waals surface area contributed by atoms with E-state index >= 15 is 0 Å². The molecule has 4 rings (SSSR count). The minimum atomic E-state index is 0.0637. The lowest BCUT2D eigenvalue weighted by Gasteiger charge is -2.35. The highest BCUT2D eigenvalue weighted by Crippen LogP contribution is 2.19. The molecular weight excluding hydrogens is 326 g/mol. The lowest BCUT2D eigenvalue weighted by Crippen LogP contribution is -2.49. The van der Waals surface area contributed by atoms with Crippen molar-refractivity contribution in [1.82, 2.24) is 28.9 Å². The van der Waals surface area contributed by atoms with Crippen molar-refractivity contribution in [2.75, 3.05) is 31.1 Å². The van der Waals surface area contributed by atoms with Gasteiger partial charge in [0.2, 0.25) is 0 Å². The molecule has 0 radical (unpaired) electrons. The van der Waals surface area contributed by atoms with Crippen LogP contribution in [0.2, 0.25) is 0 Å². The van der Waals surface area contributed by atoms with E-state index in [1.165, 1.54) is 11.5 Å². The van der Waals surface area contributed by atoms with Gasteiger partial charge in [-0.05, 0) is 25.4 Å². The van der Waals surface area contributed by atoms with Crippen LogP contribution in [0.4, 0.5) is 5.82 Å². The highest BCUT2D eigenvalue weighted by atomic mass is 32.1. The first-order valence-electron chi connectivity index (χ1n) is 7.76. The van der Waals surface area contributed by atoms with Crippen molar-refractivity contribution >= 4 is 28.9 Å². The molecule has 0 spiro atoms. The van der Waals surface area contributed by atoms with Gasteiger partial charge in [-0.1, -0.05) is 0 Å². The summed E-state index contributed by atoms with van der Waals surface area (Å²) >= 11 is 1.32. The molecule has 9 heteroatoms. The number of aromatic nitrogens is 5. The van der Waals surface area contributed by atoms with Crippen molar-refractivity contribution in [3.8, 4) is 0 Å². The summed E-state index contributed by atoms with van der Waals surface area (Å²) in [7, 11) is 0. The van der Waals surface area contributed by atoms with Crippen LogP contribution in [-0.2, 0) is 0 Å². The Hall–Kier alpha value is -2.55. The average molecular weight is 343 g/mol. The predicted molar refractivity (Wildman–Crippen MR) is 90.5 cm³/mol. The lowest BCUT2D eigenvalue weighted by atomic mass is 10.2. The van der Waals surface area contributed by atoms with E-state index in [1.807, 2.05) is 28.6 Å². The van der Waals surface area contributed by atoms with E-state index in [0.29, 0.717) is 18.7 Å². The second kappa shape index (κ2) is 5.82. The van der Waals surface area contributed by atoms with E-state index < -0.39 is 0 Å². The van der Waals surface area contributed by atoms with Crippen LogP contribution in [0.25, 0.3) is 5.65 Å². The van der Waals surface area contributed by atoms with Crippen LogP contribution in [0.3, 0.4) is 0 Å². The van der Waals surface area contributed by atoms with Gasteiger partial charge >= 0.3 is 0 Å². The highest BCUT2D eigenvalue weighted by molar-refractivity contribution is 7.03. The standard InChI is InChI=1S/C15H17N7OS/c1-10-12(9-24-19-10)15(23)21-5-3-20(4-6-21)14-8-16-7-13-17-11(2)18-22(13)14/h7-9H,3-6H2,1-2H3. The summed E-state index contributed by atoms with van der Waals surface area (Å²) in [6.45, 7) is 6.55. The van der Waals surface area contributed by atoms with Crippen LogP contribution >= 0.6 is 11.5 Å². The van der Waals surface area contributed by atoms with Crippen LogP contribution in [-0.4, -0.2) is 60.9 Å². The summed E-state index contributed by atoms with van der Waals surface area (Å²) < 4.78 is 6.00. The average Bonchev–Trinajstić information content (AvgIpc) is 3.18. The molecule has 24 heavy (non-hydrogen) atoms. The van der Waals surface area contributed by atoms with Gasteiger partial charge in [-0.2, -0.15) is 8.89 Å². The number of fused-ring (bicyclic) bond motifs is 1. The lowest BCUT2D eigenvalue weighted by molar-refractivity contribution is 0.0746. The zero-order chi connectivity index (χ0) is 16.7. The molecule has 1 amide bonds. The summed E-state index contributed by atoms with van der Waals surface area (Å²) in [6, 6.07) is 0. The Kier molecular flexibility index (Phi) is 3.64. The van der Waals surface area contributed by atoms with E-state index in [0.717, 1.165) is 36.1 Å². The Labute approximate surface area is 142 Å². The van der Waals surface area contributed by atoms with E-state index in [1.54, 1.807) is 12.4 Å². The van der Waals surface area contributed by atoms with Crippen LogP contribution in [0.1, 0.15) is 21.9 Å². The molecule has 0 N–H and O–H groups in total. The molecule has 0 atom stereocenters. The summed E-state index contributed by atoms with van der Waals surface area (Å²) in [5.74, 6) is 1.70. The Morgan fingerprint density at radius 1 is 1.17 bits per heavy atom. The van der Waals surface area contributed by atoms with Crippen molar-refractivity contribution in [2.24, 2.45) is 0 Å². The Bertz CT molecular complexity index is 894. The Morgan fingerprint density at radius 3 is 2.67 bits per heavy atom. The summed E-state index contributed by atoms with van der Waals surface area (Å²) in [5, 5.41) is 6.26. The minimum Gasteiger partial charge on any atom is -0.352 e. The maximum Gasteiger partial charge on any atom is 0.256 e. The van der Waals surface area contributed by atoms with Gasteiger partial charge in [0.1, 0.15) is 5.82 Å². The van der Waals surface area contributed by atoms with Crippen molar-refractivity contribution in [3.05, 3.63) is 34.9 Å². The van der Waals surface area contributed by atoms with Gasteiger partial charge in [-0.15, -0.1) is 5.10 Å². The number of carbonyl (C=O) groups excluding carboxylic acids is 1. The molecule has 0 saturated carbocycles. The quantitative estimate of drug-likeness (QED) is 0.695. The van der Waals surface area contributed by atoms with Crippen LogP contribution in [0.15, 0.2) is 17.8 Å². The number of piperazine rings is 1. The second-order valence-electron chi connectivity index (χ2n) is 5.79. The third kappa shape index (κ3) is 2.50. The molecule has 1 aliphatic heterocycles. The van der Waals surface area contributed by atoms with E-state index in [9.17, 15) is 4.79 Å². The molecule has 3 aromatic heterocycles. The maximum absolute atomic E-state index is 12.6. The number of nitrogens with zero attached hydrogens (tertiary/aromatic N) is 7. The van der Waals surface area contributed by atoms with Crippen LogP contribution in [0.5, 0.6) is 0 Å². The second-order valence-corrected chi connectivity index (χ2v) is 6.42. The molecule has 1 fully saturated rings.